The predicted molar refractivity (Wildman–Crippen MR) is 68.2 cm³/mol. The number of nitrogens with one attached hydrogen (secondary N) is 1. The molecule has 1 aromatic rings. The van der Waals surface area contributed by atoms with Gasteiger partial charge in [0.2, 0.25) is 5.91 Å². The van der Waals surface area contributed by atoms with Crippen molar-refractivity contribution >= 4 is 35.1 Å². The van der Waals surface area contributed by atoms with E-state index in [1.54, 1.807) is 23.5 Å². The van der Waals surface area contributed by atoms with Crippen LogP contribution < -0.4 is 5.32 Å². The number of anilines is 1. The molecule has 5 heteroatoms. The molecule has 0 aromatic heterocycles. The van der Waals surface area contributed by atoms with Crippen molar-refractivity contribution in [2.24, 2.45) is 0 Å². The number of rotatable bonds is 3. The number of carbonyl (C=O) groups is 1. The molecule has 16 heavy (non-hydrogen) atoms. The summed E-state index contributed by atoms with van der Waals surface area (Å²) in [7, 11) is 0. The number of aliphatic hydroxyl groups excluding tert-OH is 1. The number of aliphatic hydroxyl groups is 1. The van der Waals surface area contributed by atoms with Crippen molar-refractivity contribution in [2.45, 2.75) is 22.0 Å². The Balaban J connectivity index is 2.18. The summed E-state index contributed by atoms with van der Waals surface area (Å²) in [5.74, 6) is 0.543. The normalized spacial score (nSPS) is 16.5. The fourth-order valence-electron chi connectivity index (χ4n) is 1.41. The van der Waals surface area contributed by atoms with Gasteiger partial charge in [0.25, 0.3) is 0 Å². The van der Waals surface area contributed by atoms with E-state index < -0.39 is 0 Å². The predicted octanol–water partition coefficient (Wildman–Crippen LogP) is 2.20. The Morgan fingerprint density at radius 1 is 1.62 bits per heavy atom. The quantitative estimate of drug-likeness (QED) is 0.813. The van der Waals surface area contributed by atoms with E-state index in [1.165, 1.54) is 0 Å². The van der Waals surface area contributed by atoms with E-state index in [9.17, 15) is 4.79 Å². The molecule has 1 aromatic carbocycles. The minimum Gasteiger partial charge on any atom is -0.395 e. The third-order valence-electron chi connectivity index (χ3n) is 2.18. The lowest BCUT2D eigenvalue weighted by Crippen LogP contribution is -2.18. The Hall–Kier alpha value is -0.650. The minimum absolute atomic E-state index is 0.0508. The molecule has 0 bridgehead atoms. The van der Waals surface area contributed by atoms with Gasteiger partial charge in [-0.2, -0.15) is 0 Å². The van der Waals surface area contributed by atoms with Gasteiger partial charge in [0.05, 0.1) is 18.0 Å². The van der Waals surface area contributed by atoms with Crippen LogP contribution in [-0.4, -0.2) is 28.6 Å². The van der Waals surface area contributed by atoms with Gasteiger partial charge in [0.15, 0.2) is 0 Å². The van der Waals surface area contributed by atoms with Gasteiger partial charge in [-0.3, -0.25) is 4.79 Å². The molecule has 86 valence electrons. The Bertz CT molecular complexity index is 409. The molecule has 0 aliphatic carbocycles. The number of thioether (sulfide) groups is 2. The second-order valence-corrected chi connectivity index (χ2v) is 6.13. The average Bonchev–Trinajstić information content (AvgIpc) is 2.28. The molecular weight excluding hydrogens is 242 g/mol. The van der Waals surface area contributed by atoms with E-state index in [2.05, 4.69) is 5.32 Å². The number of hydrogen-bond acceptors (Lipinski definition) is 4. The largest absolute Gasteiger partial charge is 0.395 e. The molecule has 2 N–H and O–H groups in total. The monoisotopic (exact) mass is 255 g/mol. The molecule has 2 rings (SSSR count). The van der Waals surface area contributed by atoms with Crippen molar-refractivity contribution in [1.29, 1.82) is 0 Å². The Morgan fingerprint density at radius 2 is 2.44 bits per heavy atom. The maximum absolute atomic E-state index is 11.2. The van der Waals surface area contributed by atoms with Gasteiger partial charge >= 0.3 is 0 Å². The van der Waals surface area contributed by atoms with Crippen molar-refractivity contribution in [2.75, 3.05) is 17.7 Å². The van der Waals surface area contributed by atoms with E-state index >= 15 is 0 Å². The molecule has 1 unspecified atom stereocenters. The van der Waals surface area contributed by atoms with Crippen LogP contribution in [0, 0.1) is 0 Å². The average molecular weight is 255 g/mol. The highest BCUT2D eigenvalue weighted by atomic mass is 32.2. The molecule has 1 aliphatic rings. The van der Waals surface area contributed by atoms with Gasteiger partial charge in [-0.25, -0.2) is 0 Å². The van der Waals surface area contributed by atoms with E-state index in [4.69, 9.17) is 5.11 Å². The molecule has 1 atom stereocenters. The van der Waals surface area contributed by atoms with Crippen LogP contribution >= 0.6 is 23.5 Å². The summed E-state index contributed by atoms with van der Waals surface area (Å²) in [5, 5.41) is 12.0. The SMILES string of the molecule is CC(CO)Sc1ccc2c(c1)NC(=O)CS2. The third kappa shape index (κ3) is 2.72. The third-order valence-corrected chi connectivity index (χ3v) is 4.33. The Kier molecular flexibility index (Phi) is 3.78. The second kappa shape index (κ2) is 5.12. The van der Waals surface area contributed by atoms with Crippen LogP contribution in [0.2, 0.25) is 0 Å². The zero-order chi connectivity index (χ0) is 11.5. The molecule has 1 aliphatic heterocycles. The van der Waals surface area contributed by atoms with Crippen molar-refractivity contribution in [3.63, 3.8) is 0 Å². The van der Waals surface area contributed by atoms with Crippen molar-refractivity contribution < 1.29 is 9.90 Å². The summed E-state index contributed by atoms with van der Waals surface area (Å²) in [5.41, 5.74) is 0.886. The van der Waals surface area contributed by atoms with Crippen LogP contribution in [0.4, 0.5) is 5.69 Å². The van der Waals surface area contributed by atoms with Crippen molar-refractivity contribution in [3.8, 4) is 0 Å². The molecule has 0 saturated carbocycles. The van der Waals surface area contributed by atoms with Gasteiger partial charge in [0, 0.05) is 15.0 Å². The molecule has 0 fully saturated rings. The topological polar surface area (TPSA) is 49.3 Å². The van der Waals surface area contributed by atoms with Gasteiger partial charge in [0.1, 0.15) is 0 Å². The lowest BCUT2D eigenvalue weighted by molar-refractivity contribution is -0.113. The second-order valence-electron chi connectivity index (χ2n) is 3.61. The van der Waals surface area contributed by atoms with Crippen molar-refractivity contribution in [3.05, 3.63) is 18.2 Å². The highest BCUT2D eigenvalue weighted by Crippen LogP contribution is 2.35. The molecule has 1 heterocycles. The van der Waals surface area contributed by atoms with Gasteiger partial charge in [-0.05, 0) is 18.2 Å². The minimum atomic E-state index is 0.0508. The summed E-state index contributed by atoms with van der Waals surface area (Å²) in [6.07, 6.45) is 0. The number of carbonyl (C=O) groups excluding carboxylic acids is 1. The fraction of sp³-hybridized carbons (Fsp3) is 0.364. The summed E-state index contributed by atoms with van der Waals surface area (Å²) >= 11 is 3.17. The lowest BCUT2D eigenvalue weighted by Gasteiger charge is -2.17. The van der Waals surface area contributed by atoms with E-state index in [0.29, 0.717) is 5.75 Å². The number of benzene rings is 1. The molecule has 0 radical (unpaired) electrons. The molecular formula is C11H13NO2S2. The maximum Gasteiger partial charge on any atom is 0.234 e. The smallest absolute Gasteiger partial charge is 0.234 e. The standard InChI is InChI=1S/C11H13NO2S2/c1-7(5-13)16-8-2-3-10-9(4-8)12-11(14)6-15-10/h2-4,7,13H,5-6H2,1H3,(H,12,14). The Labute approximate surface area is 103 Å². The molecule has 0 spiro atoms. The zero-order valence-electron chi connectivity index (χ0n) is 8.90. The Morgan fingerprint density at radius 3 is 3.19 bits per heavy atom. The zero-order valence-corrected chi connectivity index (χ0v) is 10.5. The van der Waals surface area contributed by atoms with Crippen LogP contribution in [0.15, 0.2) is 28.0 Å². The molecule has 3 nitrogen and oxygen atoms in total. The number of hydrogen-bond donors (Lipinski definition) is 2. The van der Waals surface area contributed by atoms with Crippen LogP contribution in [0.1, 0.15) is 6.92 Å². The summed E-state index contributed by atoms with van der Waals surface area (Å²) in [4.78, 5) is 13.4. The molecule has 0 saturated heterocycles. The van der Waals surface area contributed by atoms with Crippen LogP contribution in [0.3, 0.4) is 0 Å². The lowest BCUT2D eigenvalue weighted by atomic mass is 10.3. The first-order chi connectivity index (χ1) is 7.69. The van der Waals surface area contributed by atoms with E-state index in [0.717, 1.165) is 15.5 Å². The van der Waals surface area contributed by atoms with Crippen LogP contribution in [0.5, 0.6) is 0 Å². The summed E-state index contributed by atoms with van der Waals surface area (Å²) in [6, 6.07) is 6.02. The maximum atomic E-state index is 11.2. The van der Waals surface area contributed by atoms with Gasteiger partial charge in [-0.15, -0.1) is 23.5 Å². The van der Waals surface area contributed by atoms with Gasteiger partial charge < -0.3 is 10.4 Å². The summed E-state index contributed by atoms with van der Waals surface area (Å²) < 4.78 is 0. The summed E-state index contributed by atoms with van der Waals surface area (Å²) in [6.45, 7) is 2.13. The number of fused-ring (bicyclic) bond motifs is 1. The first-order valence-electron chi connectivity index (χ1n) is 5.03. The number of amides is 1. The first kappa shape index (κ1) is 11.8. The van der Waals surface area contributed by atoms with E-state index in [1.807, 2.05) is 25.1 Å². The fourth-order valence-corrected chi connectivity index (χ4v) is 3.07. The van der Waals surface area contributed by atoms with Gasteiger partial charge in [-0.1, -0.05) is 6.92 Å². The van der Waals surface area contributed by atoms with Crippen molar-refractivity contribution in [1.82, 2.24) is 0 Å². The molecule has 1 amide bonds. The first-order valence-corrected chi connectivity index (χ1v) is 6.90. The van der Waals surface area contributed by atoms with E-state index in [-0.39, 0.29) is 17.8 Å². The highest BCUT2D eigenvalue weighted by molar-refractivity contribution is 8.00. The highest BCUT2D eigenvalue weighted by Gasteiger charge is 2.15. The van der Waals surface area contributed by atoms with Crippen LogP contribution in [-0.2, 0) is 4.79 Å². The van der Waals surface area contributed by atoms with Crippen LogP contribution in [0.25, 0.3) is 0 Å².